The van der Waals surface area contributed by atoms with Crippen LogP contribution in [-0.2, 0) is 7.05 Å². The first-order valence-corrected chi connectivity index (χ1v) is 5.47. The van der Waals surface area contributed by atoms with E-state index in [4.69, 9.17) is 16.2 Å². The molecule has 0 saturated heterocycles. The van der Waals surface area contributed by atoms with Crippen molar-refractivity contribution < 1.29 is 13.9 Å². The van der Waals surface area contributed by atoms with Crippen molar-refractivity contribution in [2.75, 3.05) is 5.73 Å². The molecule has 7 heteroatoms. The Kier molecular flexibility index (Phi) is 3.12. The zero-order chi connectivity index (χ0) is 14.2. The third-order valence-corrected chi connectivity index (χ3v) is 2.64. The highest BCUT2D eigenvalue weighted by Gasteiger charge is 2.19. The van der Waals surface area contributed by atoms with Crippen LogP contribution in [0.15, 0.2) is 18.2 Å². The van der Waals surface area contributed by atoms with Crippen LogP contribution in [0, 0.1) is 12.7 Å². The molecule has 0 unspecified atom stereocenters. The minimum atomic E-state index is -0.912. The standard InChI is InChI=1S/C12H13FN4O2/c1-6-10(14)12(17(2)16-6)19-8-5-3-4-7(13)9(8)11(15)18/h3-5H,14H2,1-2H3,(H2,15,18). The summed E-state index contributed by atoms with van der Waals surface area (Å²) in [6.07, 6.45) is 0. The Morgan fingerprint density at radius 2 is 2.16 bits per heavy atom. The Hall–Kier alpha value is -2.57. The Morgan fingerprint density at radius 1 is 1.47 bits per heavy atom. The van der Waals surface area contributed by atoms with Gasteiger partial charge < -0.3 is 16.2 Å². The number of aryl methyl sites for hydroxylation is 2. The van der Waals surface area contributed by atoms with Gasteiger partial charge in [-0.15, -0.1) is 0 Å². The van der Waals surface area contributed by atoms with Gasteiger partial charge in [0.05, 0.1) is 5.69 Å². The highest BCUT2D eigenvalue weighted by Crippen LogP contribution is 2.31. The largest absolute Gasteiger partial charge is 0.436 e. The van der Waals surface area contributed by atoms with Crippen LogP contribution in [0.3, 0.4) is 0 Å². The molecule has 4 N–H and O–H groups in total. The highest BCUT2D eigenvalue weighted by atomic mass is 19.1. The first-order valence-electron chi connectivity index (χ1n) is 5.47. The summed E-state index contributed by atoms with van der Waals surface area (Å²) in [6, 6.07) is 3.98. The lowest BCUT2D eigenvalue weighted by molar-refractivity contribution is 0.0994. The first-order chi connectivity index (χ1) is 8.91. The molecule has 19 heavy (non-hydrogen) atoms. The van der Waals surface area contributed by atoms with E-state index in [-0.39, 0.29) is 17.2 Å². The summed E-state index contributed by atoms with van der Waals surface area (Å²) >= 11 is 0. The van der Waals surface area contributed by atoms with Gasteiger partial charge in [0.1, 0.15) is 22.8 Å². The summed E-state index contributed by atoms with van der Waals surface area (Å²) in [5, 5.41) is 4.06. The van der Waals surface area contributed by atoms with E-state index in [1.54, 1.807) is 14.0 Å². The molecule has 0 atom stereocenters. The van der Waals surface area contributed by atoms with Crippen molar-refractivity contribution in [3.8, 4) is 11.6 Å². The van der Waals surface area contributed by atoms with E-state index in [2.05, 4.69) is 5.10 Å². The monoisotopic (exact) mass is 264 g/mol. The van der Waals surface area contributed by atoms with E-state index >= 15 is 0 Å². The molecular formula is C12H13FN4O2. The van der Waals surface area contributed by atoms with Crippen LogP contribution in [0.5, 0.6) is 11.6 Å². The van der Waals surface area contributed by atoms with Gasteiger partial charge in [-0.2, -0.15) is 5.10 Å². The number of aromatic nitrogens is 2. The second-order valence-corrected chi connectivity index (χ2v) is 4.01. The van der Waals surface area contributed by atoms with Gasteiger partial charge in [0.2, 0.25) is 5.88 Å². The summed E-state index contributed by atoms with van der Waals surface area (Å²) in [5.41, 5.74) is 11.5. The molecule has 1 amide bonds. The number of hydrogen-bond acceptors (Lipinski definition) is 4. The lowest BCUT2D eigenvalue weighted by atomic mass is 10.2. The summed E-state index contributed by atoms with van der Waals surface area (Å²) in [5.74, 6) is -1.43. The molecule has 100 valence electrons. The molecule has 2 aromatic rings. The Bertz CT molecular complexity index is 651. The van der Waals surface area contributed by atoms with Gasteiger partial charge >= 0.3 is 0 Å². The predicted molar refractivity (Wildman–Crippen MR) is 67.3 cm³/mol. The maximum atomic E-state index is 13.6. The topological polar surface area (TPSA) is 96.2 Å². The van der Waals surface area contributed by atoms with E-state index in [0.717, 1.165) is 6.07 Å². The molecule has 0 radical (unpaired) electrons. The number of nitrogen functional groups attached to an aromatic ring is 1. The number of carbonyl (C=O) groups excluding carboxylic acids is 1. The van der Waals surface area contributed by atoms with E-state index in [0.29, 0.717) is 11.4 Å². The molecule has 6 nitrogen and oxygen atoms in total. The predicted octanol–water partition coefficient (Wildman–Crippen LogP) is 1.34. The molecular weight excluding hydrogens is 251 g/mol. The third kappa shape index (κ3) is 2.22. The van der Waals surface area contributed by atoms with E-state index in [1.807, 2.05) is 0 Å². The SMILES string of the molecule is Cc1nn(C)c(Oc2cccc(F)c2C(N)=O)c1N. The first kappa shape index (κ1) is 12.9. The minimum Gasteiger partial charge on any atom is -0.436 e. The van der Waals surface area contributed by atoms with Gasteiger partial charge in [0.15, 0.2) is 0 Å². The summed E-state index contributed by atoms with van der Waals surface area (Å²) < 4.78 is 20.4. The molecule has 0 aliphatic rings. The summed E-state index contributed by atoms with van der Waals surface area (Å²) in [4.78, 5) is 11.3. The van der Waals surface area contributed by atoms with Crippen LogP contribution < -0.4 is 16.2 Å². The number of nitrogens with zero attached hydrogens (tertiary/aromatic N) is 2. The smallest absolute Gasteiger partial charge is 0.255 e. The van der Waals surface area contributed by atoms with Crippen LogP contribution in [0.2, 0.25) is 0 Å². The second kappa shape index (κ2) is 4.60. The zero-order valence-corrected chi connectivity index (χ0v) is 10.5. The number of halogens is 1. The molecule has 1 aromatic heterocycles. The van der Waals surface area contributed by atoms with Gasteiger partial charge in [-0.25, -0.2) is 9.07 Å². The summed E-state index contributed by atoms with van der Waals surface area (Å²) in [6.45, 7) is 1.71. The number of hydrogen-bond donors (Lipinski definition) is 2. The molecule has 0 spiro atoms. The van der Waals surface area contributed by atoms with Crippen LogP contribution >= 0.6 is 0 Å². The van der Waals surface area contributed by atoms with Crippen molar-refractivity contribution in [3.05, 3.63) is 35.3 Å². The van der Waals surface area contributed by atoms with Gasteiger partial charge in [-0.1, -0.05) is 6.07 Å². The molecule has 2 rings (SSSR count). The zero-order valence-electron chi connectivity index (χ0n) is 10.5. The molecule has 0 saturated carbocycles. The maximum absolute atomic E-state index is 13.6. The highest BCUT2D eigenvalue weighted by molar-refractivity contribution is 5.96. The van der Waals surface area contributed by atoms with Crippen molar-refractivity contribution in [1.82, 2.24) is 9.78 Å². The fraction of sp³-hybridized carbons (Fsp3) is 0.167. The number of primary amides is 1. The lowest BCUT2D eigenvalue weighted by Crippen LogP contribution is -2.14. The normalized spacial score (nSPS) is 10.5. The maximum Gasteiger partial charge on any atom is 0.255 e. The van der Waals surface area contributed by atoms with Gasteiger partial charge in [-0.05, 0) is 19.1 Å². The summed E-state index contributed by atoms with van der Waals surface area (Å²) in [7, 11) is 1.63. The Labute approximate surface area is 108 Å². The number of rotatable bonds is 3. The van der Waals surface area contributed by atoms with Crippen molar-refractivity contribution in [2.45, 2.75) is 6.92 Å². The molecule has 0 bridgehead atoms. The van der Waals surface area contributed by atoms with Gasteiger partial charge in [0.25, 0.3) is 5.91 Å². The molecule has 0 aliphatic carbocycles. The second-order valence-electron chi connectivity index (χ2n) is 4.01. The third-order valence-electron chi connectivity index (χ3n) is 2.64. The fourth-order valence-electron chi connectivity index (χ4n) is 1.71. The number of ether oxygens (including phenoxy) is 1. The molecule has 0 fully saturated rings. The van der Waals surface area contributed by atoms with Crippen molar-refractivity contribution in [3.63, 3.8) is 0 Å². The van der Waals surface area contributed by atoms with Crippen LogP contribution in [-0.4, -0.2) is 15.7 Å². The van der Waals surface area contributed by atoms with Crippen molar-refractivity contribution >= 4 is 11.6 Å². The van der Waals surface area contributed by atoms with Crippen LogP contribution in [0.1, 0.15) is 16.1 Å². The molecule has 0 aliphatic heterocycles. The Balaban J connectivity index is 2.50. The van der Waals surface area contributed by atoms with Crippen molar-refractivity contribution in [2.24, 2.45) is 12.8 Å². The van der Waals surface area contributed by atoms with E-state index in [9.17, 15) is 9.18 Å². The number of benzene rings is 1. The number of carbonyl (C=O) groups is 1. The van der Waals surface area contributed by atoms with Gasteiger partial charge in [-0.3, -0.25) is 4.79 Å². The molecule has 1 aromatic carbocycles. The average Bonchev–Trinajstić information content (AvgIpc) is 2.55. The number of nitrogens with two attached hydrogens (primary N) is 2. The van der Waals surface area contributed by atoms with Crippen LogP contribution in [0.25, 0.3) is 0 Å². The average molecular weight is 264 g/mol. The van der Waals surface area contributed by atoms with Gasteiger partial charge in [0, 0.05) is 7.05 Å². The number of anilines is 1. The quantitative estimate of drug-likeness (QED) is 0.874. The number of amides is 1. The molecule has 1 heterocycles. The fourth-order valence-corrected chi connectivity index (χ4v) is 1.71. The Morgan fingerprint density at radius 3 is 2.68 bits per heavy atom. The van der Waals surface area contributed by atoms with Crippen molar-refractivity contribution in [1.29, 1.82) is 0 Å². The van der Waals surface area contributed by atoms with E-state index < -0.39 is 11.7 Å². The van der Waals surface area contributed by atoms with Crippen LogP contribution in [0.4, 0.5) is 10.1 Å². The minimum absolute atomic E-state index is 0.00204. The van der Waals surface area contributed by atoms with E-state index in [1.165, 1.54) is 16.8 Å². The lowest BCUT2D eigenvalue weighted by Gasteiger charge is -2.10.